The second kappa shape index (κ2) is 6.65. The van der Waals surface area contributed by atoms with Crippen molar-refractivity contribution in [2.45, 2.75) is 25.7 Å². The summed E-state index contributed by atoms with van der Waals surface area (Å²) in [7, 11) is 0. The Morgan fingerprint density at radius 1 is 1.17 bits per heavy atom. The van der Waals surface area contributed by atoms with Gasteiger partial charge in [-0.2, -0.15) is 5.10 Å². The number of phenolic OH excluding ortho intramolecular Hbond substituents is 1. The van der Waals surface area contributed by atoms with Crippen molar-refractivity contribution in [3.63, 3.8) is 0 Å². The fourth-order valence-electron chi connectivity index (χ4n) is 2.81. The SMILES string of the molecule is CC/C(=N/NC(=O)[C@H]1C[C@@H]1c1ccccc1)c1ccccc1O. The average Bonchev–Trinajstić information content (AvgIpc) is 3.38. The summed E-state index contributed by atoms with van der Waals surface area (Å²) in [5.74, 6) is 0.404. The molecule has 4 heteroatoms. The minimum Gasteiger partial charge on any atom is -0.507 e. The van der Waals surface area contributed by atoms with Crippen molar-refractivity contribution in [1.29, 1.82) is 0 Å². The Labute approximate surface area is 135 Å². The number of para-hydroxylation sites is 1. The summed E-state index contributed by atoms with van der Waals surface area (Å²) < 4.78 is 0. The average molecular weight is 308 g/mol. The highest BCUT2D eigenvalue weighted by atomic mass is 16.3. The summed E-state index contributed by atoms with van der Waals surface area (Å²) in [5, 5.41) is 14.1. The van der Waals surface area contributed by atoms with Gasteiger partial charge in [0.05, 0.1) is 5.71 Å². The first kappa shape index (κ1) is 15.3. The minimum atomic E-state index is -0.0553. The molecule has 1 amide bonds. The molecule has 118 valence electrons. The predicted octanol–water partition coefficient (Wildman–Crippen LogP) is 3.43. The Morgan fingerprint density at radius 3 is 2.57 bits per heavy atom. The zero-order chi connectivity index (χ0) is 16.2. The number of amides is 1. The number of phenols is 1. The lowest BCUT2D eigenvalue weighted by Crippen LogP contribution is -2.22. The molecule has 0 radical (unpaired) electrons. The molecule has 2 atom stereocenters. The second-order valence-corrected chi connectivity index (χ2v) is 5.76. The van der Waals surface area contributed by atoms with Gasteiger partial charge in [0.1, 0.15) is 5.75 Å². The number of carbonyl (C=O) groups is 1. The molecular formula is C19H20N2O2. The van der Waals surface area contributed by atoms with Gasteiger partial charge in [-0.1, -0.05) is 49.4 Å². The molecule has 0 aromatic heterocycles. The molecule has 0 heterocycles. The smallest absolute Gasteiger partial charge is 0.243 e. The largest absolute Gasteiger partial charge is 0.507 e. The lowest BCUT2D eigenvalue weighted by Gasteiger charge is -2.07. The molecule has 1 fully saturated rings. The Morgan fingerprint density at radius 2 is 1.87 bits per heavy atom. The van der Waals surface area contributed by atoms with Crippen LogP contribution in [0.3, 0.4) is 0 Å². The standard InChI is InChI=1S/C19H20N2O2/c1-2-17(14-10-6-7-11-18(14)22)20-21-19(23)16-12-15(16)13-8-4-3-5-9-13/h3-11,15-16,22H,2,12H2,1H3,(H,21,23)/b20-17-/t15-,16+/m1/s1. The van der Waals surface area contributed by atoms with Crippen LogP contribution in [0.2, 0.25) is 0 Å². The summed E-state index contributed by atoms with van der Waals surface area (Å²) >= 11 is 0. The lowest BCUT2D eigenvalue weighted by atomic mass is 10.1. The summed E-state index contributed by atoms with van der Waals surface area (Å²) in [4.78, 5) is 12.2. The van der Waals surface area contributed by atoms with Gasteiger partial charge in [-0.25, -0.2) is 5.43 Å². The molecule has 2 aromatic rings. The molecule has 1 saturated carbocycles. The van der Waals surface area contributed by atoms with Gasteiger partial charge in [0.15, 0.2) is 0 Å². The van der Waals surface area contributed by atoms with Gasteiger partial charge in [0, 0.05) is 11.5 Å². The number of benzene rings is 2. The normalized spacial score (nSPS) is 20.1. The number of hydrazone groups is 1. The van der Waals surface area contributed by atoms with E-state index in [2.05, 4.69) is 22.7 Å². The Bertz CT molecular complexity index is 725. The van der Waals surface area contributed by atoms with E-state index in [1.54, 1.807) is 18.2 Å². The highest BCUT2D eigenvalue weighted by Crippen LogP contribution is 2.47. The number of nitrogens with zero attached hydrogens (tertiary/aromatic N) is 1. The van der Waals surface area contributed by atoms with Crippen molar-refractivity contribution < 1.29 is 9.90 Å². The van der Waals surface area contributed by atoms with Crippen LogP contribution in [0, 0.1) is 5.92 Å². The third kappa shape index (κ3) is 3.42. The quantitative estimate of drug-likeness (QED) is 0.656. The van der Waals surface area contributed by atoms with E-state index in [4.69, 9.17) is 0 Å². The third-order valence-electron chi connectivity index (χ3n) is 4.21. The molecule has 1 aliphatic carbocycles. The van der Waals surface area contributed by atoms with E-state index in [-0.39, 0.29) is 17.6 Å². The molecule has 0 aliphatic heterocycles. The van der Waals surface area contributed by atoms with Gasteiger partial charge in [-0.15, -0.1) is 0 Å². The zero-order valence-electron chi connectivity index (χ0n) is 13.1. The number of rotatable bonds is 5. The van der Waals surface area contributed by atoms with Crippen LogP contribution >= 0.6 is 0 Å². The van der Waals surface area contributed by atoms with Crippen LogP contribution in [0.25, 0.3) is 0 Å². The van der Waals surface area contributed by atoms with Crippen LogP contribution < -0.4 is 5.43 Å². The van der Waals surface area contributed by atoms with Gasteiger partial charge in [0.2, 0.25) is 5.91 Å². The minimum absolute atomic E-state index is 0.0105. The Balaban J connectivity index is 1.65. The van der Waals surface area contributed by atoms with Crippen molar-refractivity contribution in [2.24, 2.45) is 11.0 Å². The van der Waals surface area contributed by atoms with Gasteiger partial charge < -0.3 is 5.11 Å². The number of hydrogen-bond donors (Lipinski definition) is 2. The van der Waals surface area contributed by atoms with Crippen LogP contribution in [0.15, 0.2) is 59.7 Å². The van der Waals surface area contributed by atoms with Crippen molar-refractivity contribution >= 4 is 11.6 Å². The molecule has 2 aromatic carbocycles. The number of hydrogen-bond acceptors (Lipinski definition) is 3. The predicted molar refractivity (Wildman–Crippen MR) is 90.4 cm³/mol. The van der Waals surface area contributed by atoms with Gasteiger partial charge in [-0.05, 0) is 36.5 Å². The molecule has 0 saturated heterocycles. The van der Waals surface area contributed by atoms with Crippen LogP contribution in [0.5, 0.6) is 5.75 Å². The fourth-order valence-corrected chi connectivity index (χ4v) is 2.81. The van der Waals surface area contributed by atoms with Gasteiger partial charge in [-0.3, -0.25) is 4.79 Å². The lowest BCUT2D eigenvalue weighted by molar-refractivity contribution is -0.122. The topological polar surface area (TPSA) is 61.7 Å². The molecule has 0 unspecified atom stereocenters. The first-order valence-electron chi connectivity index (χ1n) is 7.90. The monoisotopic (exact) mass is 308 g/mol. The maximum absolute atomic E-state index is 12.2. The van der Waals surface area contributed by atoms with E-state index in [0.29, 0.717) is 23.6 Å². The Kier molecular flexibility index (Phi) is 4.42. The third-order valence-corrected chi connectivity index (χ3v) is 4.21. The summed E-state index contributed by atoms with van der Waals surface area (Å²) in [6.45, 7) is 1.95. The summed E-state index contributed by atoms with van der Waals surface area (Å²) in [5.41, 5.74) is 5.19. The summed E-state index contributed by atoms with van der Waals surface area (Å²) in [6, 6.07) is 17.1. The van der Waals surface area contributed by atoms with Crippen LogP contribution in [-0.4, -0.2) is 16.7 Å². The fraction of sp³-hybridized carbons (Fsp3) is 0.263. The van der Waals surface area contributed by atoms with Crippen molar-refractivity contribution in [2.75, 3.05) is 0 Å². The summed E-state index contributed by atoms with van der Waals surface area (Å²) in [6.07, 6.45) is 1.49. The highest BCUT2D eigenvalue weighted by Gasteiger charge is 2.43. The van der Waals surface area contributed by atoms with Crippen molar-refractivity contribution in [1.82, 2.24) is 5.43 Å². The van der Waals surface area contributed by atoms with Crippen LogP contribution in [-0.2, 0) is 4.79 Å². The molecule has 2 N–H and O–H groups in total. The molecular weight excluding hydrogens is 288 g/mol. The highest BCUT2D eigenvalue weighted by molar-refractivity contribution is 6.03. The van der Waals surface area contributed by atoms with E-state index in [0.717, 1.165) is 6.42 Å². The van der Waals surface area contributed by atoms with Gasteiger partial charge >= 0.3 is 0 Å². The van der Waals surface area contributed by atoms with E-state index in [1.165, 1.54) is 5.56 Å². The first-order chi connectivity index (χ1) is 11.2. The van der Waals surface area contributed by atoms with Crippen molar-refractivity contribution in [3.8, 4) is 5.75 Å². The maximum Gasteiger partial charge on any atom is 0.243 e. The first-order valence-corrected chi connectivity index (χ1v) is 7.90. The maximum atomic E-state index is 12.2. The number of carbonyl (C=O) groups excluding carboxylic acids is 1. The molecule has 0 spiro atoms. The zero-order valence-corrected chi connectivity index (χ0v) is 13.1. The van der Waals surface area contributed by atoms with E-state index in [9.17, 15) is 9.90 Å². The Hall–Kier alpha value is -2.62. The second-order valence-electron chi connectivity index (χ2n) is 5.76. The van der Waals surface area contributed by atoms with E-state index < -0.39 is 0 Å². The molecule has 0 bridgehead atoms. The number of nitrogens with one attached hydrogen (secondary N) is 1. The van der Waals surface area contributed by atoms with Crippen LogP contribution in [0.1, 0.15) is 36.8 Å². The van der Waals surface area contributed by atoms with E-state index in [1.807, 2.05) is 31.2 Å². The molecule has 1 aliphatic rings. The molecule has 4 nitrogen and oxygen atoms in total. The molecule has 23 heavy (non-hydrogen) atoms. The molecule has 3 rings (SSSR count). The number of aromatic hydroxyl groups is 1. The van der Waals surface area contributed by atoms with Crippen molar-refractivity contribution in [3.05, 3.63) is 65.7 Å². The van der Waals surface area contributed by atoms with E-state index >= 15 is 0 Å². The van der Waals surface area contributed by atoms with Crippen LogP contribution in [0.4, 0.5) is 0 Å². The van der Waals surface area contributed by atoms with Gasteiger partial charge in [0.25, 0.3) is 0 Å².